The Morgan fingerprint density at radius 1 is 0.315 bits per heavy atom. The van der Waals surface area contributed by atoms with Gasteiger partial charge < -0.3 is 178 Å². The van der Waals surface area contributed by atoms with Gasteiger partial charge in [0.15, 0.2) is 44.0 Å². The number of aliphatic hydroxyl groups excluding tert-OH is 20. The molecule has 1 aromatic carbocycles. The molecule has 0 unspecified atom stereocenters. The Balaban J connectivity index is 1.02. The van der Waals surface area contributed by atoms with Crippen molar-refractivity contribution in [1.82, 2.24) is 0 Å². The SMILES string of the molecule is COC(=O)c1cccc(C(=O)OC[C@H]2O[C@@H]3O[C@H]4[C@H](O)[C@@H](O)[C@@H](O[C@H]5[C@H](O)[C@@H](O)[C@@H](O[C@H]6[C@H](O)[C@@H](O)[C@@H](O[C@H]7[C@H](O)[C@@H](O)[C@@H](O[C@H]8[C@H](O)[C@@H](O)[C@@H](O[C@H]9[C@H](O)[C@@H](O)[C@@H](O[C@H]2[C@H](O)[C@H]3O)O[C@@H]9CO)O[C@@H]8CO)O[C@@H]7CO)O[C@@H]6CO)O[C@@H]5CO)O[C@@H]4CO)c1. The minimum Gasteiger partial charge on any atom is -0.465 e. The van der Waals surface area contributed by atoms with Gasteiger partial charge in [-0.1, -0.05) is 6.07 Å². The van der Waals surface area contributed by atoms with Crippen molar-refractivity contribution < 1.29 is 188 Å². The summed E-state index contributed by atoms with van der Waals surface area (Å²) < 4.78 is 90.9. The highest BCUT2D eigenvalue weighted by Gasteiger charge is 2.60. The lowest BCUT2D eigenvalue weighted by molar-refractivity contribution is -0.396. The molecule has 0 amide bonds. The number of esters is 2. The fourth-order valence-electron chi connectivity index (χ4n) is 11.5. The molecule has 508 valence electrons. The number of methoxy groups -OCH3 is 1. The van der Waals surface area contributed by atoms with E-state index in [1.165, 1.54) is 18.2 Å². The van der Waals surface area contributed by atoms with Gasteiger partial charge in [0, 0.05) is 0 Å². The largest absolute Gasteiger partial charge is 0.465 e. The molecular formula is C51H76O38. The van der Waals surface area contributed by atoms with Crippen LogP contribution in [-0.4, -0.2) is 382 Å². The number of rotatable bonds is 10. The Labute approximate surface area is 502 Å². The predicted octanol–water partition coefficient (Wildman–Crippen LogP) is -13.6. The third-order valence-corrected chi connectivity index (χ3v) is 16.5. The summed E-state index contributed by atoms with van der Waals surface area (Å²) in [4.78, 5) is 25.8. The first kappa shape index (κ1) is 70.1. The second kappa shape index (κ2) is 30.0. The summed E-state index contributed by atoms with van der Waals surface area (Å²) in [6, 6.07) is 4.96. The van der Waals surface area contributed by atoms with Crippen molar-refractivity contribution in [3.63, 3.8) is 0 Å². The zero-order valence-corrected chi connectivity index (χ0v) is 46.8. The summed E-state index contributed by atoms with van der Waals surface area (Å²) in [5.41, 5.74) is -0.324. The summed E-state index contributed by atoms with van der Waals surface area (Å²) >= 11 is 0. The third kappa shape index (κ3) is 14.3. The lowest BCUT2D eigenvalue weighted by Gasteiger charge is -2.50. The molecule has 21 saturated heterocycles. The van der Waals surface area contributed by atoms with E-state index in [0.717, 1.165) is 13.2 Å². The maximum absolute atomic E-state index is 13.5. The molecule has 0 saturated carbocycles. The molecule has 1 aromatic rings. The molecule has 21 aliphatic rings. The summed E-state index contributed by atoms with van der Waals surface area (Å²) in [7, 11) is 1.08. The van der Waals surface area contributed by atoms with E-state index in [2.05, 4.69) is 0 Å². The number of hydrogen-bond donors (Lipinski definition) is 20. The monoisotopic (exact) mass is 1300 g/mol. The standard InChI is InChI=1S/C51H76O38/c1-74-43(72)13-3-2-4-14(5-13)44(73)75-12-21-42-28(64)35(71)51(82-21)88-41-20(11-57)80-49(33(69)26(41)62)86-39-18(9-55)78-47(31(67)24(39)60)84-37-16(7-53)76-45(29(65)22(37)58)83-36-15(6-52)77-46(30(66)23(36)59)85-38-17(8-54)79-48(32(68)25(38)61)87-40-19(10-56)81-50(89-42)34(70)27(40)63/h2-5,15-42,45-71H,6-12H2,1H3/t15-,16-,17-,18-,19-,20-,21-,22-,23-,24-,25-,26-,27-,28-,29-,30-,31-,32-,33-,34-,35-,36-,37-,38-,39-,40-,41-,42-,45-,46-,47-,48-,49-,50-,51-/m1/s1. The van der Waals surface area contributed by atoms with Crippen molar-refractivity contribution in [2.45, 2.75) is 215 Å². The Kier molecular flexibility index (Phi) is 23.7. The third-order valence-electron chi connectivity index (χ3n) is 16.5. The van der Waals surface area contributed by atoms with Crippen LogP contribution in [0.25, 0.3) is 0 Å². The van der Waals surface area contributed by atoms with E-state index >= 15 is 0 Å². The van der Waals surface area contributed by atoms with Gasteiger partial charge in [-0.2, -0.15) is 0 Å². The first-order valence-corrected chi connectivity index (χ1v) is 28.1. The number of benzene rings is 1. The highest BCUT2D eigenvalue weighted by molar-refractivity contribution is 5.95. The molecule has 0 radical (unpaired) electrons. The molecule has 0 spiro atoms. The van der Waals surface area contributed by atoms with E-state index < -0.39 is 273 Å². The van der Waals surface area contributed by atoms with E-state index in [9.17, 15) is 112 Å². The molecule has 0 aromatic heterocycles. The second-order valence-electron chi connectivity index (χ2n) is 22.1. The van der Waals surface area contributed by atoms with Gasteiger partial charge >= 0.3 is 11.9 Å². The molecule has 14 bridgehead atoms. The zero-order valence-electron chi connectivity index (χ0n) is 46.8. The Hall–Kier alpha value is -3.20. The molecule has 89 heavy (non-hydrogen) atoms. The first-order valence-electron chi connectivity index (χ1n) is 28.1. The van der Waals surface area contributed by atoms with Crippen LogP contribution in [-0.2, 0) is 75.8 Å². The van der Waals surface area contributed by atoms with Crippen molar-refractivity contribution >= 4 is 11.9 Å². The summed E-state index contributed by atoms with van der Waals surface area (Å²) in [6.07, 6.45) is -72.7. The molecule has 38 heteroatoms. The van der Waals surface area contributed by atoms with Crippen molar-refractivity contribution in [3.8, 4) is 0 Å². The van der Waals surface area contributed by atoms with Crippen molar-refractivity contribution in [2.24, 2.45) is 0 Å². The van der Waals surface area contributed by atoms with Gasteiger partial charge in [0.1, 0.15) is 178 Å². The summed E-state index contributed by atoms with van der Waals surface area (Å²) in [5, 5.41) is 224. The van der Waals surface area contributed by atoms with Crippen LogP contribution in [0.15, 0.2) is 24.3 Å². The van der Waals surface area contributed by atoms with Crippen LogP contribution in [0.1, 0.15) is 20.7 Å². The average Bonchev–Trinajstić information content (AvgIpc) is 1.48. The number of carbonyl (C=O) groups excluding carboxylic acids is 2. The highest BCUT2D eigenvalue weighted by atomic mass is 16.8. The summed E-state index contributed by atoms with van der Waals surface area (Å²) in [5.74, 6) is -1.99. The van der Waals surface area contributed by atoms with Gasteiger partial charge in [-0.3, -0.25) is 0 Å². The van der Waals surface area contributed by atoms with Gasteiger partial charge in [-0.05, 0) is 18.2 Å². The first-order chi connectivity index (χ1) is 42.4. The van der Waals surface area contributed by atoms with Crippen LogP contribution in [0.5, 0.6) is 0 Å². The Morgan fingerprint density at radius 2 is 0.517 bits per heavy atom. The molecule has 21 aliphatic heterocycles. The summed E-state index contributed by atoms with van der Waals surface area (Å²) in [6.45, 7) is -7.53. The Morgan fingerprint density at radius 3 is 0.730 bits per heavy atom. The van der Waals surface area contributed by atoms with E-state index in [4.69, 9.17) is 75.8 Å². The van der Waals surface area contributed by atoms with Gasteiger partial charge in [0.2, 0.25) is 0 Å². The second-order valence-corrected chi connectivity index (χ2v) is 22.1. The van der Waals surface area contributed by atoms with Crippen molar-refractivity contribution in [3.05, 3.63) is 35.4 Å². The van der Waals surface area contributed by atoms with Gasteiger partial charge in [0.25, 0.3) is 0 Å². The molecule has 20 N–H and O–H groups in total. The zero-order chi connectivity index (χ0) is 64.6. The van der Waals surface area contributed by atoms with Crippen LogP contribution in [0.3, 0.4) is 0 Å². The molecule has 38 nitrogen and oxygen atoms in total. The average molecular weight is 1300 g/mol. The van der Waals surface area contributed by atoms with E-state index in [1.54, 1.807) is 0 Å². The molecule has 22 rings (SSSR count). The normalized spacial score (nSPS) is 49.3. The fourth-order valence-corrected chi connectivity index (χ4v) is 11.5. The van der Waals surface area contributed by atoms with Crippen LogP contribution in [0.2, 0.25) is 0 Å². The molecular weight excluding hydrogens is 1220 g/mol. The minimum absolute atomic E-state index is 0.0864. The molecule has 21 heterocycles. The quantitative estimate of drug-likeness (QED) is 0.0967. The predicted molar refractivity (Wildman–Crippen MR) is 269 cm³/mol. The number of carbonyl (C=O) groups is 2. The van der Waals surface area contributed by atoms with Crippen molar-refractivity contribution in [2.75, 3.05) is 53.4 Å². The van der Waals surface area contributed by atoms with Gasteiger partial charge in [-0.25, -0.2) is 9.59 Å². The smallest absolute Gasteiger partial charge is 0.338 e. The van der Waals surface area contributed by atoms with Crippen LogP contribution in [0, 0.1) is 0 Å². The van der Waals surface area contributed by atoms with E-state index in [-0.39, 0.29) is 11.1 Å². The van der Waals surface area contributed by atoms with Crippen LogP contribution >= 0.6 is 0 Å². The van der Waals surface area contributed by atoms with Gasteiger partial charge in [-0.15, -0.1) is 0 Å². The molecule has 21 fully saturated rings. The number of aliphatic hydroxyl groups is 20. The number of ether oxygens (including phenoxy) is 16. The minimum atomic E-state index is -2.33. The highest BCUT2D eigenvalue weighted by Crippen LogP contribution is 2.39. The maximum Gasteiger partial charge on any atom is 0.338 e. The Bertz CT molecular complexity index is 2420. The van der Waals surface area contributed by atoms with E-state index in [1.807, 2.05) is 0 Å². The van der Waals surface area contributed by atoms with E-state index in [0.29, 0.717) is 0 Å². The fraction of sp³-hybridized carbons (Fsp3) is 0.843. The maximum atomic E-state index is 13.5. The van der Waals surface area contributed by atoms with Crippen LogP contribution in [0.4, 0.5) is 0 Å². The molecule has 0 aliphatic carbocycles. The topological polar surface area (TPSA) is 586 Å². The van der Waals surface area contributed by atoms with Gasteiger partial charge in [0.05, 0.1) is 57.9 Å². The van der Waals surface area contributed by atoms with Crippen LogP contribution < -0.4 is 0 Å². The lowest BCUT2D eigenvalue weighted by Crippen LogP contribution is -2.68. The lowest BCUT2D eigenvalue weighted by atomic mass is 9.95. The van der Waals surface area contributed by atoms with Crippen molar-refractivity contribution in [1.29, 1.82) is 0 Å². The molecule has 35 atom stereocenters. The number of hydrogen-bond acceptors (Lipinski definition) is 38.